The van der Waals surface area contributed by atoms with E-state index in [1.165, 1.54) is 12.1 Å². The lowest BCUT2D eigenvalue weighted by molar-refractivity contribution is 0.307. The van der Waals surface area contributed by atoms with Crippen LogP contribution < -0.4 is 4.90 Å². The summed E-state index contributed by atoms with van der Waals surface area (Å²) in [4.78, 5) is 8.98. The number of anilines is 1. The highest BCUT2D eigenvalue weighted by Crippen LogP contribution is 2.34. The van der Waals surface area contributed by atoms with Crippen molar-refractivity contribution in [2.75, 3.05) is 31.1 Å². The molecule has 2 unspecified atom stereocenters. The van der Waals surface area contributed by atoms with E-state index in [0.717, 1.165) is 38.1 Å². The van der Waals surface area contributed by atoms with Crippen LogP contribution in [0.25, 0.3) is 0 Å². The summed E-state index contributed by atoms with van der Waals surface area (Å²) in [7, 11) is 0. The first kappa shape index (κ1) is 15.8. The van der Waals surface area contributed by atoms with E-state index >= 15 is 0 Å². The van der Waals surface area contributed by atoms with Gasteiger partial charge in [0.25, 0.3) is 0 Å². The Labute approximate surface area is 144 Å². The topological polar surface area (TPSA) is 19.4 Å². The molecule has 4 rings (SSSR count). The first-order valence-electron chi connectivity index (χ1n) is 8.10. The summed E-state index contributed by atoms with van der Waals surface area (Å²) >= 11 is 5.89. The maximum atomic E-state index is 13.3. The first-order valence-corrected chi connectivity index (χ1v) is 8.48. The molecule has 2 aliphatic rings. The molecular formula is C18H18ClF2N3. The van der Waals surface area contributed by atoms with Crippen molar-refractivity contribution in [1.82, 2.24) is 9.88 Å². The molecular weight excluding hydrogens is 332 g/mol. The van der Waals surface area contributed by atoms with Crippen molar-refractivity contribution in [3.63, 3.8) is 0 Å². The number of aromatic nitrogens is 1. The molecule has 3 heterocycles. The van der Waals surface area contributed by atoms with Gasteiger partial charge in [-0.1, -0.05) is 11.6 Å². The van der Waals surface area contributed by atoms with Gasteiger partial charge in [0.2, 0.25) is 0 Å². The zero-order valence-corrected chi connectivity index (χ0v) is 13.9. The van der Waals surface area contributed by atoms with Crippen LogP contribution in [0, 0.1) is 23.5 Å². The van der Waals surface area contributed by atoms with Gasteiger partial charge in [-0.25, -0.2) is 13.8 Å². The molecule has 2 saturated heterocycles. The lowest BCUT2D eigenvalue weighted by atomic mass is 10.0. The summed E-state index contributed by atoms with van der Waals surface area (Å²) in [5.74, 6) is 1.09. The predicted octanol–water partition coefficient (Wildman–Crippen LogP) is 3.58. The summed E-state index contributed by atoms with van der Waals surface area (Å²) < 4.78 is 26.6. The molecule has 126 valence electrons. The number of hydrogen-bond donors (Lipinski definition) is 0. The molecule has 0 bridgehead atoms. The van der Waals surface area contributed by atoms with Crippen LogP contribution >= 0.6 is 11.6 Å². The van der Waals surface area contributed by atoms with Crippen LogP contribution in [0.15, 0.2) is 36.5 Å². The molecule has 6 heteroatoms. The molecule has 0 amide bonds. The number of rotatable bonds is 3. The van der Waals surface area contributed by atoms with Gasteiger partial charge in [-0.3, -0.25) is 4.90 Å². The molecule has 24 heavy (non-hydrogen) atoms. The van der Waals surface area contributed by atoms with E-state index in [1.807, 2.05) is 12.1 Å². The van der Waals surface area contributed by atoms with Crippen molar-refractivity contribution < 1.29 is 8.78 Å². The maximum absolute atomic E-state index is 13.3. The molecule has 2 aromatic rings. The number of hydrogen-bond acceptors (Lipinski definition) is 3. The second kappa shape index (κ2) is 6.30. The third-order valence-corrected chi connectivity index (χ3v) is 5.15. The Morgan fingerprint density at radius 3 is 2.25 bits per heavy atom. The summed E-state index contributed by atoms with van der Waals surface area (Å²) in [6.45, 7) is 4.43. The monoisotopic (exact) mass is 349 g/mol. The Balaban J connectivity index is 1.38. The molecule has 0 aliphatic carbocycles. The van der Waals surface area contributed by atoms with Gasteiger partial charge < -0.3 is 4.90 Å². The fraction of sp³-hybridized carbons (Fsp3) is 0.389. The van der Waals surface area contributed by atoms with E-state index in [9.17, 15) is 8.78 Å². The minimum atomic E-state index is -0.510. The van der Waals surface area contributed by atoms with Crippen molar-refractivity contribution in [2.45, 2.75) is 6.54 Å². The van der Waals surface area contributed by atoms with Gasteiger partial charge in [-0.15, -0.1) is 0 Å². The zero-order valence-electron chi connectivity index (χ0n) is 13.1. The average molecular weight is 350 g/mol. The first-order chi connectivity index (χ1) is 11.6. The van der Waals surface area contributed by atoms with Crippen LogP contribution in [-0.2, 0) is 6.54 Å². The molecule has 1 aromatic heterocycles. The van der Waals surface area contributed by atoms with Crippen LogP contribution in [-0.4, -0.2) is 36.1 Å². The highest BCUT2D eigenvalue weighted by molar-refractivity contribution is 6.30. The third-order valence-electron chi connectivity index (χ3n) is 4.93. The van der Waals surface area contributed by atoms with Crippen LogP contribution in [0.2, 0.25) is 5.02 Å². The predicted molar refractivity (Wildman–Crippen MR) is 90.1 cm³/mol. The van der Waals surface area contributed by atoms with Crippen molar-refractivity contribution in [3.8, 4) is 0 Å². The second-order valence-corrected chi connectivity index (χ2v) is 7.17. The molecule has 1 aromatic carbocycles. The third kappa shape index (κ3) is 3.23. The van der Waals surface area contributed by atoms with Crippen molar-refractivity contribution in [1.29, 1.82) is 0 Å². The van der Waals surface area contributed by atoms with Gasteiger partial charge >= 0.3 is 0 Å². The largest absolute Gasteiger partial charge is 0.356 e. The number of halogens is 3. The standard InChI is InChI=1S/C18H18ClF2N3/c19-15-1-2-18(22-6-15)24-10-13-8-23(9-14(13)11-24)7-12-3-16(20)5-17(21)4-12/h1-6,13-14H,7-11H2. The summed E-state index contributed by atoms with van der Waals surface area (Å²) in [6.07, 6.45) is 1.68. The quantitative estimate of drug-likeness (QED) is 0.844. The average Bonchev–Trinajstić information content (AvgIpc) is 3.05. The Bertz CT molecular complexity index is 703. The minimum absolute atomic E-state index is 0.510. The highest BCUT2D eigenvalue weighted by atomic mass is 35.5. The minimum Gasteiger partial charge on any atom is -0.356 e. The van der Waals surface area contributed by atoms with Gasteiger partial charge in [0.1, 0.15) is 17.5 Å². The molecule has 3 nitrogen and oxygen atoms in total. The van der Waals surface area contributed by atoms with Gasteiger partial charge in [-0.05, 0) is 41.7 Å². The lowest BCUT2D eigenvalue weighted by Crippen LogP contribution is -2.29. The van der Waals surface area contributed by atoms with E-state index in [1.54, 1.807) is 6.20 Å². The summed E-state index contributed by atoms with van der Waals surface area (Å²) in [5.41, 5.74) is 0.698. The molecule has 2 aliphatic heterocycles. The van der Waals surface area contributed by atoms with Gasteiger partial charge in [0, 0.05) is 45.0 Å². The van der Waals surface area contributed by atoms with Crippen LogP contribution in [0.1, 0.15) is 5.56 Å². The molecule has 0 spiro atoms. The summed E-state index contributed by atoms with van der Waals surface area (Å²) in [5, 5.41) is 0.645. The normalized spacial score (nSPS) is 23.7. The fourth-order valence-corrected chi connectivity index (χ4v) is 4.03. The molecule has 2 atom stereocenters. The van der Waals surface area contributed by atoms with Crippen LogP contribution in [0.5, 0.6) is 0 Å². The number of pyridine rings is 1. The molecule has 2 fully saturated rings. The van der Waals surface area contributed by atoms with Gasteiger partial charge in [0.15, 0.2) is 0 Å². The summed E-state index contributed by atoms with van der Waals surface area (Å²) in [6, 6.07) is 7.57. The van der Waals surface area contributed by atoms with Crippen LogP contribution in [0.3, 0.4) is 0 Å². The van der Waals surface area contributed by atoms with Crippen molar-refractivity contribution in [2.24, 2.45) is 11.8 Å². The Kier molecular flexibility index (Phi) is 4.14. The van der Waals surface area contributed by atoms with E-state index < -0.39 is 11.6 Å². The van der Waals surface area contributed by atoms with Crippen molar-refractivity contribution >= 4 is 17.4 Å². The van der Waals surface area contributed by atoms with E-state index in [2.05, 4.69) is 14.8 Å². The number of benzene rings is 1. The smallest absolute Gasteiger partial charge is 0.128 e. The van der Waals surface area contributed by atoms with Gasteiger partial charge in [0.05, 0.1) is 5.02 Å². The number of nitrogens with zero attached hydrogens (tertiary/aromatic N) is 3. The van der Waals surface area contributed by atoms with Crippen LogP contribution in [0.4, 0.5) is 14.6 Å². The molecule has 0 saturated carbocycles. The highest BCUT2D eigenvalue weighted by Gasteiger charge is 2.40. The number of fused-ring (bicyclic) bond motifs is 1. The molecule has 0 N–H and O–H groups in total. The molecule has 0 radical (unpaired) electrons. The fourth-order valence-electron chi connectivity index (χ4n) is 3.92. The SMILES string of the molecule is Fc1cc(F)cc(CN2CC3CN(c4ccc(Cl)cn4)CC3C2)c1. The zero-order chi connectivity index (χ0) is 16.7. The Morgan fingerprint density at radius 1 is 1.00 bits per heavy atom. The Morgan fingerprint density at radius 2 is 1.67 bits per heavy atom. The van der Waals surface area contributed by atoms with E-state index in [4.69, 9.17) is 11.6 Å². The van der Waals surface area contributed by atoms with Gasteiger partial charge in [-0.2, -0.15) is 0 Å². The Hall–Kier alpha value is -1.72. The van der Waals surface area contributed by atoms with E-state index in [0.29, 0.717) is 29.0 Å². The lowest BCUT2D eigenvalue weighted by Gasteiger charge is -2.22. The maximum Gasteiger partial charge on any atom is 0.128 e. The number of likely N-dealkylation sites (tertiary alicyclic amines) is 1. The van der Waals surface area contributed by atoms with Crippen molar-refractivity contribution in [3.05, 3.63) is 58.7 Å². The van der Waals surface area contributed by atoms with E-state index in [-0.39, 0.29) is 0 Å². The second-order valence-electron chi connectivity index (χ2n) is 6.73.